The van der Waals surface area contributed by atoms with Crippen LogP contribution >= 0.6 is 15.9 Å². The van der Waals surface area contributed by atoms with Gasteiger partial charge < -0.3 is 9.30 Å². The van der Waals surface area contributed by atoms with Crippen molar-refractivity contribution >= 4 is 27.7 Å². The van der Waals surface area contributed by atoms with E-state index in [-0.39, 0.29) is 5.78 Å². The molecule has 3 aromatic rings. The number of hydrogen-bond donors (Lipinski definition) is 0. The first-order valence-electron chi connectivity index (χ1n) is 7.79. The van der Waals surface area contributed by atoms with E-state index in [0.29, 0.717) is 11.1 Å². The van der Waals surface area contributed by atoms with E-state index in [4.69, 9.17) is 4.74 Å². The van der Waals surface area contributed by atoms with Crippen LogP contribution in [0.4, 0.5) is 0 Å². The number of Topliss-reactive ketones (excluding diaryl/α,β-unsaturated/α-hetero) is 1. The second-order valence-electron chi connectivity index (χ2n) is 5.56. The van der Waals surface area contributed by atoms with E-state index in [0.717, 1.165) is 10.2 Å². The van der Waals surface area contributed by atoms with Gasteiger partial charge in [-0.2, -0.15) is 0 Å². The zero-order valence-corrected chi connectivity index (χ0v) is 15.1. The number of benzene rings is 2. The monoisotopic (exact) mass is 397 g/mol. The Morgan fingerprint density at radius 3 is 2.32 bits per heavy atom. The molecule has 0 aliphatic heterocycles. The molecule has 0 aliphatic rings. The maximum Gasteiger partial charge on any atom is 0.338 e. The minimum absolute atomic E-state index is 0.234. The summed E-state index contributed by atoms with van der Waals surface area (Å²) in [6, 6.07) is 17.9. The fourth-order valence-electron chi connectivity index (χ4n) is 2.43. The zero-order valence-electron chi connectivity index (χ0n) is 13.6. The predicted molar refractivity (Wildman–Crippen MR) is 99.1 cm³/mol. The molecule has 1 heterocycles. The molecule has 126 valence electrons. The topological polar surface area (TPSA) is 48.3 Å². The summed E-state index contributed by atoms with van der Waals surface area (Å²) in [7, 11) is 0. The van der Waals surface area contributed by atoms with E-state index >= 15 is 0 Å². The molecule has 0 spiro atoms. The van der Waals surface area contributed by atoms with Gasteiger partial charge in [0.2, 0.25) is 5.78 Å². The Hall–Kier alpha value is -2.66. The molecule has 0 saturated carbocycles. The first-order valence-corrected chi connectivity index (χ1v) is 8.58. The molecule has 0 radical (unpaired) electrons. The van der Waals surface area contributed by atoms with Crippen molar-refractivity contribution in [2.24, 2.45) is 0 Å². The summed E-state index contributed by atoms with van der Waals surface area (Å²) in [4.78, 5) is 24.8. The average Bonchev–Trinajstić information content (AvgIpc) is 3.16. The molecule has 2 aromatic carbocycles. The van der Waals surface area contributed by atoms with Crippen molar-refractivity contribution in [3.05, 3.63) is 88.7 Å². The Kier molecular flexibility index (Phi) is 5.14. The molecule has 1 unspecified atom stereocenters. The Morgan fingerprint density at radius 2 is 1.64 bits per heavy atom. The minimum atomic E-state index is -0.857. The van der Waals surface area contributed by atoms with E-state index in [1.54, 1.807) is 49.4 Å². The molecule has 5 heteroatoms. The van der Waals surface area contributed by atoms with Crippen LogP contribution in [-0.2, 0) is 4.74 Å². The summed E-state index contributed by atoms with van der Waals surface area (Å²) in [5.74, 6) is -0.755. The highest BCUT2D eigenvalue weighted by Crippen LogP contribution is 2.16. The van der Waals surface area contributed by atoms with Gasteiger partial charge in [-0.25, -0.2) is 4.79 Å². The average molecular weight is 398 g/mol. The predicted octanol–water partition coefficient (Wildman–Crippen LogP) is 4.67. The Bertz CT molecular complexity index is 886. The number of carbonyl (C=O) groups excluding carboxylic acids is 2. The number of carbonyl (C=O) groups is 2. The summed E-state index contributed by atoms with van der Waals surface area (Å²) in [5, 5.41) is 0. The van der Waals surface area contributed by atoms with E-state index in [9.17, 15) is 9.59 Å². The van der Waals surface area contributed by atoms with Gasteiger partial charge in [0.15, 0.2) is 6.10 Å². The number of ketones is 1. The van der Waals surface area contributed by atoms with Crippen molar-refractivity contribution in [2.75, 3.05) is 0 Å². The summed E-state index contributed by atoms with van der Waals surface area (Å²) in [5.41, 5.74) is 1.76. The highest BCUT2D eigenvalue weighted by atomic mass is 79.9. The third-order valence-corrected chi connectivity index (χ3v) is 4.29. The Morgan fingerprint density at radius 1 is 0.960 bits per heavy atom. The molecule has 1 aromatic heterocycles. The highest BCUT2D eigenvalue weighted by molar-refractivity contribution is 9.10. The summed E-state index contributed by atoms with van der Waals surface area (Å²) in [6.07, 6.45) is 2.93. The van der Waals surface area contributed by atoms with Crippen LogP contribution in [0.5, 0.6) is 0 Å². The summed E-state index contributed by atoms with van der Waals surface area (Å²) in [6.45, 7) is 1.58. The lowest BCUT2D eigenvalue weighted by Crippen LogP contribution is -2.24. The van der Waals surface area contributed by atoms with Gasteiger partial charge in [-0.3, -0.25) is 4.79 Å². The van der Waals surface area contributed by atoms with Crippen LogP contribution in [0, 0.1) is 0 Å². The third kappa shape index (κ3) is 4.06. The maximum atomic E-state index is 12.4. The van der Waals surface area contributed by atoms with Crippen molar-refractivity contribution < 1.29 is 14.3 Å². The molecule has 0 bridgehead atoms. The van der Waals surface area contributed by atoms with Gasteiger partial charge >= 0.3 is 5.97 Å². The van der Waals surface area contributed by atoms with Crippen LogP contribution in [0.1, 0.15) is 27.6 Å². The molecule has 4 nitrogen and oxygen atoms in total. The normalized spacial score (nSPS) is 11.8. The first-order chi connectivity index (χ1) is 12.0. The maximum absolute atomic E-state index is 12.4. The third-order valence-electron chi connectivity index (χ3n) is 3.77. The number of nitrogens with zero attached hydrogens (tertiary/aromatic N) is 1. The number of hydrogen-bond acceptors (Lipinski definition) is 3. The van der Waals surface area contributed by atoms with Crippen LogP contribution in [0.25, 0.3) is 5.69 Å². The van der Waals surface area contributed by atoms with Crippen LogP contribution in [0.3, 0.4) is 0 Å². The van der Waals surface area contributed by atoms with Gasteiger partial charge in [0.1, 0.15) is 0 Å². The van der Waals surface area contributed by atoms with Gasteiger partial charge in [0, 0.05) is 28.1 Å². The van der Waals surface area contributed by atoms with Crippen molar-refractivity contribution in [3.63, 3.8) is 0 Å². The van der Waals surface area contributed by atoms with Crippen molar-refractivity contribution in [1.29, 1.82) is 0 Å². The van der Waals surface area contributed by atoms with Gasteiger partial charge in [-0.15, -0.1) is 0 Å². The zero-order chi connectivity index (χ0) is 17.8. The van der Waals surface area contributed by atoms with Crippen LogP contribution in [0.15, 0.2) is 77.5 Å². The van der Waals surface area contributed by atoms with Gasteiger partial charge in [0.25, 0.3) is 0 Å². The lowest BCUT2D eigenvalue weighted by atomic mass is 10.1. The second-order valence-corrected chi connectivity index (χ2v) is 6.47. The second kappa shape index (κ2) is 7.49. The molecule has 0 aliphatic carbocycles. The molecular weight excluding hydrogens is 382 g/mol. The molecule has 0 fully saturated rings. The van der Waals surface area contributed by atoms with E-state index in [1.165, 1.54) is 0 Å². The van der Waals surface area contributed by atoms with Gasteiger partial charge in [-0.05, 0) is 49.4 Å². The molecule has 1 atom stereocenters. The lowest BCUT2D eigenvalue weighted by molar-refractivity contribution is 0.0319. The smallest absolute Gasteiger partial charge is 0.338 e. The minimum Gasteiger partial charge on any atom is -0.451 e. The quantitative estimate of drug-likeness (QED) is 0.464. The van der Waals surface area contributed by atoms with Crippen molar-refractivity contribution in [1.82, 2.24) is 4.57 Å². The molecule has 0 amide bonds. The van der Waals surface area contributed by atoms with E-state index < -0.39 is 12.1 Å². The molecule has 25 heavy (non-hydrogen) atoms. The van der Waals surface area contributed by atoms with E-state index in [2.05, 4.69) is 15.9 Å². The number of aromatic nitrogens is 1. The van der Waals surface area contributed by atoms with E-state index in [1.807, 2.05) is 35.2 Å². The summed E-state index contributed by atoms with van der Waals surface area (Å²) >= 11 is 3.33. The Labute approximate surface area is 154 Å². The number of esters is 1. The number of ether oxygens (including phenoxy) is 1. The fraction of sp³-hybridized carbons (Fsp3) is 0.100. The fourth-order valence-corrected chi connectivity index (χ4v) is 2.70. The summed E-state index contributed by atoms with van der Waals surface area (Å²) < 4.78 is 8.13. The number of halogens is 1. The molecule has 0 N–H and O–H groups in total. The lowest BCUT2D eigenvalue weighted by Gasteiger charge is -2.13. The standard InChI is InChI=1S/C20H16BrNO3/c1-14(19(23)15-7-9-17(21)10-8-15)25-20(24)16-5-4-6-18(13-16)22-11-2-3-12-22/h2-14H,1H3. The first kappa shape index (κ1) is 17.2. The highest BCUT2D eigenvalue weighted by Gasteiger charge is 2.20. The van der Waals surface area contributed by atoms with Crippen LogP contribution < -0.4 is 0 Å². The van der Waals surface area contributed by atoms with Gasteiger partial charge in [-0.1, -0.05) is 34.1 Å². The Balaban J connectivity index is 1.72. The van der Waals surface area contributed by atoms with Crippen molar-refractivity contribution in [2.45, 2.75) is 13.0 Å². The number of rotatable bonds is 5. The van der Waals surface area contributed by atoms with Crippen LogP contribution in [0.2, 0.25) is 0 Å². The van der Waals surface area contributed by atoms with Crippen molar-refractivity contribution in [3.8, 4) is 5.69 Å². The van der Waals surface area contributed by atoms with Gasteiger partial charge in [0.05, 0.1) is 5.56 Å². The SMILES string of the molecule is CC(OC(=O)c1cccc(-n2cccc2)c1)C(=O)c1ccc(Br)cc1. The molecule has 3 rings (SSSR count). The largest absolute Gasteiger partial charge is 0.451 e. The van der Waals surface area contributed by atoms with Crippen LogP contribution in [-0.4, -0.2) is 22.4 Å². The molecular formula is C20H16BrNO3. The molecule has 0 saturated heterocycles.